The van der Waals surface area contributed by atoms with Crippen LogP contribution in [0, 0.1) is 5.92 Å². The van der Waals surface area contributed by atoms with Crippen molar-refractivity contribution >= 4 is 5.71 Å². The first-order valence-corrected chi connectivity index (χ1v) is 8.50. The molecule has 1 saturated heterocycles. The molecule has 0 saturated carbocycles. The standard InChI is InChI=1S/C20H24N2O3/c1-13-18(22-23)12-19(14-4-8-16(24-2)9-5-14)21-20(13)15-6-10-17(25-3)11-7-15/h4-11,13,19-21,23H,12H2,1-3H3/p+1/b22-18-/t13-,19+,20-/m1/s1. The van der Waals surface area contributed by atoms with Crippen LogP contribution in [0.3, 0.4) is 0 Å². The number of oxime groups is 1. The van der Waals surface area contributed by atoms with Crippen molar-refractivity contribution in [2.75, 3.05) is 14.2 Å². The van der Waals surface area contributed by atoms with E-state index in [0.29, 0.717) is 0 Å². The van der Waals surface area contributed by atoms with Crippen LogP contribution in [-0.2, 0) is 0 Å². The second-order valence-corrected chi connectivity index (χ2v) is 6.46. The van der Waals surface area contributed by atoms with Gasteiger partial charge < -0.3 is 20.0 Å². The lowest BCUT2D eigenvalue weighted by Gasteiger charge is -2.33. The average molecular weight is 341 g/mol. The van der Waals surface area contributed by atoms with Gasteiger partial charge in [0, 0.05) is 17.5 Å². The van der Waals surface area contributed by atoms with Crippen molar-refractivity contribution in [2.45, 2.75) is 25.4 Å². The van der Waals surface area contributed by atoms with Crippen LogP contribution in [0.15, 0.2) is 53.7 Å². The Labute approximate surface area is 148 Å². The summed E-state index contributed by atoms with van der Waals surface area (Å²) in [6.07, 6.45) is 0.733. The van der Waals surface area contributed by atoms with Gasteiger partial charge in [0.15, 0.2) is 0 Å². The van der Waals surface area contributed by atoms with Gasteiger partial charge in [0.05, 0.1) is 25.8 Å². The van der Waals surface area contributed by atoms with Gasteiger partial charge in [-0.1, -0.05) is 12.1 Å². The van der Waals surface area contributed by atoms with Gasteiger partial charge in [0.2, 0.25) is 0 Å². The van der Waals surface area contributed by atoms with Gasteiger partial charge >= 0.3 is 0 Å². The maximum absolute atomic E-state index is 9.49. The van der Waals surface area contributed by atoms with Crippen LogP contribution >= 0.6 is 0 Å². The van der Waals surface area contributed by atoms with E-state index in [9.17, 15) is 5.21 Å². The number of piperidine rings is 1. The van der Waals surface area contributed by atoms with E-state index >= 15 is 0 Å². The van der Waals surface area contributed by atoms with E-state index in [1.807, 2.05) is 24.3 Å². The minimum absolute atomic E-state index is 0.160. The summed E-state index contributed by atoms with van der Waals surface area (Å²) in [6, 6.07) is 16.6. The first kappa shape index (κ1) is 17.3. The zero-order chi connectivity index (χ0) is 17.8. The van der Waals surface area contributed by atoms with Gasteiger partial charge in [-0.15, -0.1) is 0 Å². The van der Waals surface area contributed by atoms with Gasteiger partial charge in [0.1, 0.15) is 23.6 Å². The molecule has 3 N–H and O–H groups in total. The van der Waals surface area contributed by atoms with E-state index in [1.165, 1.54) is 11.1 Å². The minimum atomic E-state index is 0.160. The summed E-state index contributed by atoms with van der Waals surface area (Å²) in [5.74, 6) is 1.85. The highest BCUT2D eigenvalue weighted by atomic mass is 16.5. The number of rotatable bonds is 4. The highest BCUT2D eigenvalue weighted by molar-refractivity contribution is 5.87. The summed E-state index contributed by atoms with van der Waals surface area (Å²) in [5, 5.41) is 15.4. The largest absolute Gasteiger partial charge is 0.497 e. The normalized spacial score (nSPS) is 24.9. The Morgan fingerprint density at radius 1 is 0.920 bits per heavy atom. The number of nitrogens with zero attached hydrogens (tertiary/aromatic N) is 1. The number of hydrogen-bond donors (Lipinski definition) is 2. The van der Waals surface area contributed by atoms with Crippen LogP contribution in [0.2, 0.25) is 0 Å². The summed E-state index contributed by atoms with van der Waals surface area (Å²) >= 11 is 0. The molecule has 132 valence electrons. The molecule has 0 aromatic heterocycles. The SMILES string of the molecule is COc1ccc([C@@H]2C/C(=N/O)[C@@H](C)[C@H](c3ccc(OC)cc3)[NH2+]2)cc1. The number of quaternary nitrogens is 1. The minimum Gasteiger partial charge on any atom is -0.497 e. The third-order valence-electron chi connectivity index (χ3n) is 5.11. The molecule has 25 heavy (non-hydrogen) atoms. The third kappa shape index (κ3) is 3.61. The Balaban J connectivity index is 1.88. The molecular formula is C20H25N2O3+. The molecule has 5 nitrogen and oxygen atoms in total. The van der Waals surface area contributed by atoms with Gasteiger partial charge in [0.25, 0.3) is 0 Å². The lowest BCUT2D eigenvalue weighted by atomic mass is 9.81. The molecule has 1 fully saturated rings. The van der Waals surface area contributed by atoms with Crippen molar-refractivity contribution in [3.8, 4) is 11.5 Å². The van der Waals surface area contributed by atoms with Crippen LogP contribution in [0.5, 0.6) is 11.5 Å². The number of methoxy groups -OCH3 is 2. The Hall–Kier alpha value is -2.53. The quantitative estimate of drug-likeness (QED) is 0.664. The summed E-state index contributed by atoms with van der Waals surface area (Å²) in [4.78, 5) is 0. The third-order valence-corrected chi connectivity index (χ3v) is 5.11. The molecule has 1 heterocycles. The summed E-state index contributed by atoms with van der Waals surface area (Å²) in [5.41, 5.74) is 3.24. The number of nitrogens with two attached hydrogens (primary N) is 1. The number of benzene rings is 2. The maximum atomic E-state index is 9.49. The number of ether oxygens (including phenoxy) is 2. The molecule has 0 unspecified atom stereocenters. The fourth-order valence-electron chi connectivity index (χ4n) is 3.54. The van der Waals surface area contributed by atoms with Crippen molar-refractivity contribution in [1.82, 2.24) is 0 Å². The predicted octanol–water partition coefficient (Wildman–Crippen LogP) is 2.92. The van der Waals surface area contributed by atoms with Crippen LogP contribution in [0.1, 0.15) is 36.6 Å². The van der Waals surface area contributed by atoms with E-state index in [2.05, 4.69) is 41.7 Å². The topological polar surface area (TPSA) is 67.7 Å². The van der Waals surface area contributed by atoms with Crippen molar-refractivity contribution in [2.24, 2.45) is 11.1 Å². The predicted molar refractivity (Wildman–Crippen MR) is 96.4 cm³/mol. The summed E-state index contributed by atoms with van der Waals surface area (Å²) < 4.78 is 10.5. The molecule has 0 aliphatic carbocycles. The summed E-state index contributed by atoms with van der Waals surface area (Å²) in [7, 11) is 3.33. The Morgan fingerprint density at radius 2 is 1.44 bits per heavy atom. The lowest BCUT2D eigenvalue weighted by molar-refractivity contribution is -0.741. The van der Waals surface area contributed by atoms with Crippen molar-refractivity contribution < 1.29 is 20.0 Å². The van der Waals surface area contributed by atoms with Crippen molar-refractivity contribution in [3.63, 3.8) is 0 Å². The maximum Gasteiger partial charge on any atom is 0.120 e. The van der Waals surface area contributed by atoms with Crippen LogP contribution in [0.25, 0.3) is 0 Å². The van der Waals surface area contributed by atoms with Gasteiger partial charge in [-0.2, -0.15) is 0 Å². The van der Waals surface area contributed by atoms with Crippen molar-refractivity contribution in [3.05, 3.63) is 59.7 Å². The van der Waals surface area contributed by atoms with Gasteiger partial charge in [-0.05, 0) is 48.5 Å². The smallest absolute Gasteiger partial charge is 0.120 e. The molecule has 0 spiro atoms. The molecule has 0 amide bonds. The first-order chi connectivity index (χ1) is 12.2. The van der Waals surface area contributed by atoms with E-state index in [1.54, 1.807) is 14.2 Å². The first-order valence-electron chi connectivity index (χ1n) is 8.50. The fraction of sp³-hybridized carbons (Fsp3) is 0.350. The lowest BCUT2D eigenvalue weighted by Crippen LogP contribution is -2.90. The van der Waals surface area contributed by atoms with Gasteiger partial charge in [-0.3, -0.25) is 0 Å². The Morgan fingerprint density at radius 3 is 1.92 bits per heavy atom. The second-order valence-electron chi connectivity index (χ2n) is 6.46. The molecule has 3 rings (SSSR count). The molecule has 5 heteroatoms. The molecule has 1 aliphatic heterocycles. The highest BCUT2D eigenvalue weighted by Gasteiger charge is 2.37. The van der Waals surface area contributed by atoms with Crippen LogP contribution in [-0.4, -0.2) is 25.1 Å². The van der Waals surface area contributed by atoms with E-state index in [0.717, 1.165) is 23.6 Å². The van der Waals surface area contributed by atoms with E-state index in [4.69, 9.17) is 9.47 Å². The fourth-order valence-corrected chi connectivity index (χ4v) is 3.54. The molecule has 2 aromatic rings. The van der Waals surface area contributed by atoms with E-state index < -0.39 is 0 Å². The Kier molecular flexibility index (Phi) is 5.24. The second kappa shape index (κ2) is 7.57. The molecular weight excluding hydrogens is 316 g/mol. The molecule has 0 radical (unpaired) electrons. The zero-order valence-electron chi connectivity index (χ0n) is 14.8. The number of hydrogen-bond acceptors (Lipinski definition) is 4. The summed E-state index contributed by atoms with van der Waals surface area (Å²) in [6.45, 7) is 2.12. The molecule has 1 aliphatic rings. The molecule has 2 aromatic carbocycles. The monoisotopic (exact) mass is 341 g/mol. The molecule has 3 atom stereocenters. The highest BCUT2D eigenvalue weighted by Crippen LogP contribution is 2.30. The van der Waals surface area contributed by atoms with Crippen LogP contribution in [0.4, 0.5) is 0 Å². The van der Waals surface area contributed by atoms with Gasteiger partial charge in [-0.25, -0.2) is 0 Å². The van der Waals surface area contributed by atoms with E-state index in [-0.39, 0.29) is 18.0 Å². The zero-order valence-corrected chi connectivity index (χ0v) is 14.8. The average Bonchev–Trinajstić information content (AvgIpc) is 2.68. The molecule has 0 bridgehead atoms. The van der Waals surface area contributed by atoms with Crippen molar-refractivity contribution in [1.29, 1.82) is 0 Å². The Bertz CT molecular complexity index is 726. The van der Waals surface area contributed by atoms with Crippen LogP contribution < -0.4 is 14.8 Å².